The molecule has 0 spiro atoms. The van der Waals surface area contributed by atoms with E-state index < -0.39 is 29.0 Å². The molecule has 12 nitrogen and oxygen atoms in total. The van der Waals surface area contributed by atoms with Gasteiger partial charge in [-0.25, -0.2) is 19.9 Å². The minimum atomic E-state index is -2.39. The van der Waals surface area contributed by atoms with Crippen molar-refractivity contribution in [3.05, 3.63) is 77.6 Å². The second kappa shape index (κ2) is 15.5. The van der Waals surface area contributed by atoms with Gasteiger partial charge in [0.2, 0.25) is 5.95 Å². The van der Waals surface area contributed by atoms with Crippen LogP contribution in [0, 0.1) is 18.8 Å². The van der Waals surface area contributed by atoms with Gasteiger partial charge >= 0.3 is 0 Å². The summed E-state index contributed by atoms with van der Waals surface area (Å²) in [4.78, 5) is 17.3. The van der Waals surface area contributed by atoms with Crippen LogP contribution in [0.5, 0.6) is 0 Å². The molecule has 0 radical (unpaired) electrons. The molecule has 4 N–H and O–H groups in total. The number of anilines is 2. The van der Waals surface area contributed by atoms with Crippen LogP contribution in [0.4, 0.5) is 11.8 Å². The van der Waals surface area contributed by atoms with Crippen LogP contribution in [0.1, 0.15) is 70.2 Å². The first-order valence-electron chi connectivity index (χ1n) is 18.6. The predicted molar refractivity (Wildman–Crippen MR) is 225 cm³/mol. The van der Waals surface area contributed by atoms with Gasteiger partial charge < -0.3 is 34.1 Å². The number of rotatable bonds is 10. The average Bonchev–Trinajstić information content (AvgIpc) is 3.77. The molecule has 4 atom stereocenters. The van der Waals surface area contributed by atoms with Crippen LogP contribution < -0.4 is 11.5 Å². The molecular formula is C40H54N8O4SSi2. The molecule has 1 saturated heterocycles. The zero-order chi connectivity index (χ0) is 39.9. The maximum absolute atomic E-state index is 7.43. The van der Waals surface area contributed by atoms with Gasteiger partial charge in [-0.3, -0.25) is 0 Å². The van der Waals surface area contributed by atoms with Crippen molar-refractivity contribution in [3.8, 4) is 23.2 Å². The fourth-order valence-electron chi connectivity index (χ4n) is 5.96. The Hall–Kier alpha value is -4.05. The van der Waals surface area contributed by atoms with Crippen LogP contribution in [0.15, 0.2) is 59.8 Å². The summed E-state index contributed by atoms with van der Waals surface area (Å²) < 4.78 is 29.9. The molecule has 292 valence electrons. The molecule has 5 heterocycles. The number of nitrogens with zero attached hydrogens (tertiary/aromatic N) is 6. The lowest BCUT2D eigenvalue weighted by atomic mass is 10.1. The second-order valence-corrected chi connectivity index (χ2v) is 27.7. The van der Waals surface area contributed by atoms with Crippen LogP contribution in [0.3, 0.4) is 0 Å². The summed E-state index contributed by atoms with van der Waals surface area (Å²) in [5.74, 6) is 9.05. The fraction of sp³-hybridized carbons (Fsp3) is 0.475. The number of hydrogen-bond acceptors (Lipinski definition) is 12. The largest absolute Gasteiger partial charge is 0.408 e. The molecule has 0 aliphatic carbocycles. The van der Waals surface area contributed by atoms with E-state index in [9.17, 15) is 0 Å². The highest BCUT2D eigenvalue weighted by Crippen LogP contribution is 2.47. The first-order valence-corrected chi connectivity index (χ1v) is 25.5. The standard InChI is InChI=1S/C40H54N8O4SSi2/c1-25-29(32(50-47-25)27-15-13-12-14-16-27)22-53-23-30-33(51-54(8,9)39(2,3)4)34(52-55(10,11)40(5,6)7)37(49-30)48-21-28(31-35(41)45-24-46-36(31)48)18-17-26-19-43-38(42)44-20-26/h12-16,19-21,24,30,33-34,37H,22-23H2,1-11H3,(H2,41,45,46)(H2,42,43,44)/t30-,33-,34-,37-/m1/s1. The van der Waals surface area contributed by atoms with Gasteiger partial charge in [-0.15, -0.1) is 0 Å². The maximum Gasteiger partial charge on any atom is 0.219 e. The van der Waals surface area contributed by atoms with E-state index in [1.165, 1.54) is 6.33 Å². The second-order valence-electron chi connectivity index (χ2n) is 17.2. The number of nitrogen functional groups attached to an aromatic ring is 2. The number of hydrogen-bond donors (Lipinski definition) is 2. The lowest BCUT2D eigenvalue weighted by Crippen LogP contribution is -2.53. The van der Waals surface area contributed by atoms with E-state index in [0.717, 1.165) is 22.6 Å². The zero-order valence-corrected chi connectivity index (χ0v) is 36.6. The molecule has 1 aliphatic heterocycles. The number of thioether (sulfide) groups is 1. The van der Waals surface area contributed by atoms with E-state index >= 15 is 0 Å². The van der Waals surface area contributed by atoms with Crippen LogP contribution in [0.2, 0.25) is 36.3 Å². The summed E-state index contributed by atoms with van der Waals surface area (Å²) in [5.41, 5.74) is 17.1. The summed E-state index contributed by atoms with van der Waals surface area (Å²) in [7, 11) is -4.74. The van der Waals surface area contributed by atoms with Crippen molar-refractivity contribution in [1.29, 1.82) is 0 Å². The Morgan fingerprint density at radius 3 is 2.15 bits per heavy atom. The van der Waals surface area contributed by atoms with Crippen LogP contribution >= 0.6 is 11.8 Å². The van der Waals surface area contributed by atoms with Gasteiger partial charge in [-0.05, 0) is 43.2 Å². The summed E-state index contributed by atoms with van der Waals surface area (Å²) >= 11 is 1.78. The quantitative estimate of drug-likeness (QED) is 0.103. The van der Waals surface area contributed by atoms with Crippen molar-refractivity contribution in [3.63, 3.8) is 0 Å². The third-order valence-corrected chi connectivity index (χ3v) is 21.2. The molecule has 0 saturated carbocycles. The highest BCUT2D eigenvalue weighted by atomic mass is 32.2. The molecular weight excluding hydrogens is 745 g/mol. The number of fused-ring (bicyclic) bond motifs is 1. The van der Waals surface area contributed by atoms with Crippen molar-refractivity contribution in [2.45, 2.75) is 115 Å². The molecule has 6 rings (SSSR count). The molecule has 0 amide bonds. The van der Waals surface area contributed by atoms with Crippen molar-refractivity contribution in [2.75, 3.05) is 17.2 Å². The normalized spacial score (nSPS) is 19.5. The molecule has 4 aromatic heterocycles. The third kappa shape index (κ3) is 8.54. The van der Waals surface area contributed by atoms with Crippen LogP contribution in [-0.2, 0) is 19.3 Å². The first kappa shape index (κ1) is 40.6. The Balaban J connectivity index is 1.43. The first-order chi connectivity index (χ1) is 25.8. The number of aromatic nitrogens is 6. The Morgan fingerprint density at radius 2 is 1.51 bits per heavy atom. The lowest BCUT2D eigenvalue weighted by molar-refractivity contribution is -0.0244. The van der Waals surface area contributed by atoms with Crippen LogP contribution in [0.25, 0.3) is 22.4 Å². The van der Waals surface area contributed by atoms with Gasteiger partial charge in [-0.1, -0.05) is 88.9 Å². The van der Waals surface area contributed by atoms with Crippen molar-refractivity contribution in [2.24, 2.45) is 0 Å². The summed E-state index contributed by atoms with van der Waals surface area (Å²) in [6.45, 7) is 24.6. The van der Waals surface area contributed by atoms with Gasteiger partial charge in [0.25, 0.3) is 0 Å². The van der Waals surface area contributed by atoms with Gasteiger partial charge in [0.05, 0.1) is 28.3 Å². The molecule has 15 heteroatoms. The topological polar surface area (TPSA) is 162 Å². The molecule has 0 bridgehead atoms. The zero-order valence-electron chi connectivity index (χ0n) is 33.8. The van der Waals surface area contributed by atoms with Crippen molar-refractivity contribution in [1.82, 2.24) is 29.7 Å². The number of ether oxygens (including phenoxy) is 1. The van der Waals surface area contributed by atoms with Gasteiger partial charge in [-0.2, -0.15) is 11.8 Å². The molecule has 0 unspecified atom stereocenters. The van der Waals surface area contributed by atoms with Crippen molar-refractivity contribution < 1.29 is 18.1 Å². The van der Waals surface area contributed by atoms with E-state index in [1.54, 1.807) is 24.2 Å². The average molecular weight is 799 g/mol. The van der Waals surface area contributed by atoms with E-state index in [0.29, 0.717) is 39.5 Å². The van der Waals surface area contributed by atoms with Crippen molar-refractivity contribution >= 4 is 51.2 Å². The fourth-order valence-corrected chi connectivity index (χ4v) is 9.73. The number of benzene rings is 1. The van der Waals surface area contributed by atoms with Gasteiger partial charge in [0.1, 0.15) is 30.0 Å². The molecule has 55 heavy (non-hydrogen) atoms. The predicted octanol–water partition coefficient (Wildman–Crippen LogP) is 8.36. The van der Waals surface area contributed by atoms with Gasteiger partial charge in [0.15, 0.2) is 28.6 Å². The van der Waals surface area contributed by atoms with E-state index in [4.69, 9.17) is 34.6 Å². The maximum atomic E-state index is 7.43. The molecule has 5 aromatic rings. The smallest absolute Gasteiger partial charge is 0.219 e. The Kier molecular flexibility index (Phi) is 11.4. The Morgan fingerprint density at radius 1 is 0.873 bits per heavy atom. The van der Waals surface area contributed by atoms with E-state index in [1.807, 2.05) is 48.0 Å². The minimum Gasteiger partial charge on any atom is -0.408 e. The van der Waals surface area contributed by atoms with E-state index in [2.05, 4.69) is 99.7 Å². The molecule has 1 aliphatic rings. The molecule has 1 aromatic carbocycles. The minimum absolute atomic E-state index is 0.0507. The summed E-state index contributed by atoms with van der Waals surface area (Å²) in [6.07, 6.45) is 4.84. The Labute approximate surface area is 330 Å². The van der Waals surface area contributed by atoms with Gasteiger partial charge in [0, 0.05) is 41.2 Å². The SMILES string of the molecule is Cc1noc(-c2ccccc2)c1CSC[C@H]1O[C@@H](n2cc(C#Cc3cnc(N)nc3)c3c(N)ncnc32)[C@H](O[Si](C)(C)C(C)(C)C)[C@@H]1O[Si](C)(C)C(C)(C)C. The molecule has 1 fully saturated rings. The summed E-state index contributed by atoms with van der Waals surface area (Å²) in [5, 5.41) is 4.84. The van der Waals surface area contributed by atoms with Crippen LogP contribution in [-0.4, -0.2) is 70.4 Å². The highest BCUT2D eigenvalue weighted by Gasteiger charge is 2.54. The highest BCUT2D eigenvalue weighted by molar-refractivity contribution is 7.98. The summed E-state index contributed by atoms with van der Waals surface area (Å²) in [6, 6.07) is 10.1. The monoisotopic (exact) mass is 798 g/mol. The number of nitrogens with two attached hydrogens (primary N) is 2. The third-order valence-electron chi connectivity index (χ3n) is 11.2. The number of aryl methyl sites for hydroxylation is 1. The lowest BCUT2D eigenvalue weighted by Gasteiger charge is -2.44. The van der Waals surface area contributed by atoms with E-state index in [-0.39, 0.29) is 28.2 Å². The Bertz CT molecular complexity index is 2180.